The summed E-state index contributed by atoms with van der Waals surface area (Å²) in [5, 5.41) is 9.14. The fourth-order valence-corrected chi connectivity index (χ4v) is 2.88. The number of nitrogens with zero attached hydrogens (tertiary/aromatic N) is 1. The molecule has 1 N–H and O–H groups in total. The number of carbonyl (C=O) groups is 1. The molecule has 1 atom stereocenters. The van der Waals surface area contributed by atoms with Gasteiger partial charge in [-0.1, -0.05) is 32.9 Å². The summed E-state index contributed by atoms with van der Waals surface area (Å²) in [7, 11) is 0. The van der Waals surface area contributed by atoms with Crippen molar-refractivity contribution in [2.75, 3.05) is 19.7 Å². The van der Waals surface area contributed by atoms with Crippen LogP contribution < -0.4 is 4.74 Å². The van der Waals surface area contributed by atoms with Crippen molar-refractivity contribution in [2.24, 2.45) is 0 Å². The Kier molecular flexibility index (Phi) is 5.46. The first-order valence-electron chi connectivity index (χ1n) is 8.08. The van der Waals surface area contributed by atoms with Crippen LogP contribution in [0.1, 0.15) is 45.6 Å². The molecule has 0 aromatic heterocycles. The van der Waals surface area contributed by atoms with E-state index < -0.39 is 5.97 Å². The normalized spacial score (nSPS) is 19.3. The molecular formula is C18H27NO3. The number of ether oxygens (including phenoxy) is 1. The highest BCUT2D eigenvalue weighted by molar-refractivity contribution is 5.73. The summed E-state index contributed by atoms with van der Waals surface area (Å²) in [6.45, 7) is 8.87. The zero-order valence-corrected chi connectivity index (χ0v) is 13.8. The van der Waals surface area contributed by atoms with Gasteiger partial charge in [-0.15, -0.1) is 0 Å². The minimum atomic E-state index is -0.698. The van der Waals surface area contributed by atoms with E-state index in [1.54, 1.807) is 0 Å². The highest BCUT2D eigenvalue weighted by Crippen LogP contribution is 2.24. The standard InChI is InChI=1S/C18H27NO3/c1-18(2,3)14-7-9-15(10-8-14)22-13-5-12-19-11-4-6-16(19)17(20)21/h7-10,16H,4-6,11-13H2,1-3H3,(H,20,21). The number of rotatable bonds is 6. The number of aliphatic carboxylic acids is 1. The molecule has 0 radical (unpaired) electrons. The van der Waals surface area contributed by atoms with E-state index in [9.17, 15) is 4.79 Å². The third-order valence-corrected chi connectivity index (χ3v) is 4.23. The van der Waals surface area contributed by atoms with Gasteiger partial charge in [-0.25, -0.2) is 0 Å². The maximum atomic E-state index is 11.1. The molecule has 1 saturated heterocycles. The summed E-state index contributed by atoms with van der Waals surface area (Å²) in [4.78, 5) is 13.2. The molecule has 1 aromatic carbocycles. The van der Waals surface area contributed by atoms with Crippen LogP contribution in [-0.4, -0.2) is 41.7 Å². The van der Waals surface area contributed by atoms with Crippen LogP contribution in [0.5, 0.6) is 5.75 Å². The van der Waals surface area contributed by atoms with Crippen LogP contribution in [0.3, 0.4) is 0 Å². The molecule has 1 unspecified atom stereocenters. The molecule has 4 nitrogen and oxygen atoms in total. The van der Waals surface area contributed by atoms with Gasteiger partial charge in [0.2, 0.25) is 0 Å². The number of benzene rings is 1. The molecule has 0 aliphatic carbocycles. The Morgan fingerprint density at radius 2 is 2.00 bits per heavy atom. The third kappa shape index (κ3) is 4.47. The fourth-order valence-electron chi connectivity index (χ4n) is 2.88. The molecular weight excluding hydrogens is 278 g/mol. The first kappa shape index (κ1) is 16.8. The highest BCUT2D eigenvalue weighted by Gasteiger charge is 2.29. The van der Waals surface area contributed by atoms with Gasteiger partial charge in [-0.3, -0.25) is 9.69 Å². The number of carboxylic acid groups (broad SMARTS) is 1. The van der Waals surface area contributed by atoms with Gasteiger partial charge in [0, 0.05) is 6.54 Å². The molecule has 22 heavy (non-hydrogen) atoms. The minimum absolute atomic E-state index is 0.153. The first-order valence-corrected chi connectivity index (χ1v) is 8.08. The van der Waals surface area contributed by atoms with Crippen molar-refractivity contribution < 1.29 is 14.6 Å². The van der Waals surface area contributed by atoms with Gasteiger partial charge in [0.15, 0.2) is 0 Å². The van der Waals surface area contributed by atoms with E-state index in [0.29, 0.717) is 6.61 Å². The Hall–Kier alpha value is -1.55. The lowest BCUT2D eigenvalue weighted by Crippen LogP contribution is -2.36. The lowest BCUT2D eigenvalue weighted by Gasteiger charge is -2.21. The topological polar surface area (TPSA) is 49.8 Å². The molecule has 1 aromatic rings. The maximum Gasteiger partial charge on any atom is 0.320 e. The monoisotopic (exact) mass is 305 g/mol. The molecule has 4 heteroatoms. The molecule has 1 fully saturated rings. The van der Waals surface area contributed by atoms with Crippen LogP contribution in [0.15, 0.2) is 24.3 Å². The molecule has 1 heterocycles. The van der Waals surface area contributed by atoms with E-state index >= 15 is 0 Å². The van der Waals surface area contributed by atoms with Gasteiger partial charge in [0.05, 0.1) is 6.61 Å². The lowest BCUT2D eigenvalue weighted by atomic mass is 9.87. The van der Waals surface area contributed by atoms with Crippen LogP contribution >= 0.6 is 0 Å². The second-order valence-corrected chi connectivity index (χ2v) is 7.01. The SMILES string of the molecule is CC(C)(C)c1ccc(OCCCN2CCCC2C(=O)O)cc1. The fraction of sp³-hybridized carbons (Fsp3) is 0.611. The highest BCUT2D eigenvalue weighted by atomic mass is 16.5. The van der Waals surface area contributed by atoms with Crippen molar-refractivity contribution in [3.63, 3.8) is 0 Å². The van der Waals surface area contributed by atoms with Crippen LogP contribution in [-0.2, 0) is 10.2 Å². The summed E-state index contributed by atoms with van der Waals surface area (Å²) >= 11 is 0. The van der Waals surface area contributed by atoms with E-state index in [2.05, 4.69) is 32.9 Å². The Morgan fingerprint density at radius 1 is 1.32 bits per heavy atom. The van der Waals surface area contributed by atoms with Crippen molar-refractivity contribution in [2.45, 2.75) is 51.5 Å². The van der Waals surface area contributed by atoms with Crippen LogP contribution in [0.2, 0.25) is 0 Å². The molecule has 2 rings (SSSR count). The van der Waals surface area contributed by atoms with Crippen molar-refractivity contribution in [3.8, 4) is 5.75 Å². The summed E-state index contributed by atoms with van der Waals surface area (Å²) in [6.07, 6.45) is 2.60. The number of likely N-dealkylation sites (tertiary alicyclic amines) is 1. The minimum Gasteiger partial charge on any atom is -0.494 e. The van der Waals surface area contributed by atoms with E-state index in [4.69, 9.17) is 9.84 Å². The second kappa shape index (κ2) is 7.14. The Labute approximate surface area is 133 Å². The number of carboxylic acids is 1. The predicted octanol–water partition coefficient (Wildman–Crippen LogP) is 3.30. The Morgan fingerprint density at radius 3 is 2.59 bits per heavy atom. The largest absolute Gasteiger partial charge is 0.494 e. The number of hydrogen-bond donors (Lipinski definition) is 1. The van der Waals surface area contributed by atoms with Gasteiger partial charge < -0.3 is 9.84 Å². The van der Waals surface area contributed by atoms with Crippen LogP contribution in [0, 0.1) is 0 Å². The Balaban J connectivity index is 1.74. The second-order valence-electron chi connectivity index (χ2n) is 7.01. The Bertz CT molecular complexity index is 490. The van der Waals surface area contributed by atoms with Gasteiger partial charge in [-0.2, -0.15) is 0 Å². The van der Waals surface area contributed by atoms with E-state index in [1.807, 2.05) is 17.0 Å². The molecule has 122 valence electrons. The van der Waals surface area contributed by atoms with Crippen LogP contribution in [0.4, 0.5) is 0 Å². The van der Waals surface area contributed by atoms with Crippen molar-refractivity contribution in [1.29, 1.82) is 0 Å². The maximum absolute atomic E-state index is 11.1. The lowest BCUT2D eigenvalue weighted by molar-refractivity contribution is -0.142. The molecule has 0 amide bonds. The molecule has 0 saturated carbocycles. The summed E-state index contributed by atoms with van der Waals surface area (Å²) in [5.41, 5.74) is 1.45. The van der Waals surface area contributed by atoms with Gasteiger partial charge in [0.1, 0.15) is 11.8 Å². The van der Waals surface area contributed by atoms with Crippen molar-refractivity contribution in [3.05, 3.63) is 29.8 Å². The average molecular weight is 305 g/mol. The summed E-state index contributed by atoms with van der Waals surface area (Å²) in [5.74, 6) is 0.181. The quantitative estimate of drug-likeness (QED) is 0.819. The van der Waals surface area contributed by atoms with Crippen molar-refractivity contribution >= 4 is 5.97 Å². The third-order valence-electron chi connectivity index (χ3n) is 4.23. The summed E-state index contributed by atoms with van der Waals surface area (Å²) < 4.78 is 5.76. The molecule has 1 aliphatic rings. The van der Waals surface area contributed by atoms with E-state index in [1.165, 1.54) is 5.56 Å². The van der Waals surface area contributed by atoms with E-state index in [-0.39, 0.29) is 11.5 Å². The zero-order valence-electron chi connectivity index (χ0n) is 13.8. The predicted molar refractivity (Wildman–Crippen MR) is 87.5 cm³/mol. The first-order chi connectivity index (χ1) is 10.4. The average Bonchev–Trinajstić information content (AvgIpc) is 2.92. The molecule has 0 spiro atoms. The van der Waals surface area contributed by atoms with E-state index in [0.717, 1.165) is 38.1 Å². The molecule has 0 bridgehead atoms. The van der Waals surface area contributed by atoms with Crippen molar-refractivity contribution in [1.82, 2.24) is 4.90 Å². The van der Waals surface area contributed by atoms with Gasteiger partial charge in [0.25, 0.3) is 0 Å². The smallest absolute Gasteiger partial charge is 0.320 e. The summed E-state index contributed by atoms with van der Waals surface area (Å²) in [6, 6.07) is 7.94. The zero-order chi connectivity index (χ0) is 16.2. The number of hydrogen-bond acceptors (Lipinski definition) is 3. The van der Waals surface area contributed by atoms with Crippen LogP contribution in [0.25, 0.3) is 0 Å². The van der Waals surface area contributed by atoms with Gasteiger partial charge >= 0.3 is 5.97 Å². The van der Waals surface area contributed by atoms with Gasteiger partial charge in [-0.05, 0) is 48.9 Å². The molecule has 1 aliphatic heterocycles.